The molecule has 1 atom stereocenters. The number of aromatic nitrogens is 1. The molecule has 1 N–H and O–H groups in total. The summed E-state index contributed by atoms with van der Waals surface area (Å²) in [6.07, 6.45) is 6.53. The molecule has 2 aromatic rings. The van der Waals surface area contributed by atoms with Gasteiger partial charge < -0.3 is 14.7 Å². The van der Waals surface area contributed by atoms with Crippen LogP contribution in [0.15, 0.2) is 36.5 Å². The molecule has 2 aliphatic heterocycles. The van der Waals surface area contributed by atoms with E-state index in [0.717, 1.165) is 43.4 Å². The van der Waals surface area contributed by atoms with Gasteiger partial charge in [-0.15, -0.1) is 37.2 Å². The van der Waals surface area contributed by atoms with Crippen molar-refractivity contribution in [1.29, 1.82) is 0 Å². The van der Waals surface area contributed by atoms with Gasteiger partial charge in [0, 0.05) is 44.3 Å². The second kappa shape index (κ2) is 14.3. The molecule has 4 rings (SSSR count). The lowest BCUT2D eigenvalue weighted by atomic mass is 9.97. The summed E-state index contributed by atoms with van der Waals surface area (Å²) in [7, 11) is 2.21. The molecule has 32 heavy (non-hydrogen) atoms. The molecule has 1 unspecified atom stereocenters. The summed E-state index contributed by atoms with van der Waals surface area (Å²) in [5.74, 6) is 0.232. The number of halogens is 3. The molecular weight excluding hydrogens is 469 g/mol. The topological polar surface area (TPSA) is 43.8 Å². The molecule has 0 bridgehead atoms. The minimum atomic E-state index is 0. The van der Waals surface area contributed by atoms with Gasteiger partial charge in [0.05, 0.1) is 11.4 Å². The van der Waals surface area contributed by atoms with Crippen LogP contribution >= 0.6 is 37.2 Å². The smallest absolute Gasteiger partial charge is 0.243 e. The Morgan fingerprint density at radius 2 is 1.62 bits per heavy atom. The first-order valence-electron chi connectivity index (χ1n) is 11.2. The van der Waals surface area contributed by atoms with Crippen molar-refractivity contribution >= 4 is 54.0 Å². The van der Waals surface area contributed by atoms with Crippen LogP contribution in [0.3, 0.4) is 0 Å². The van der Waals surface area contributed by atoms with Crippen LogP contribution in [-0.2, 0) is 4.79 Å². The summed E-state index contributed by atoms with van der Waals surface area (Å²) in [5, 5.41) is 1.15. The van der Waals surface area contributed by atoms with Crippen LogP contribution in [0.5, 0.6) is 0 Å². The summed E-state index contributed by atoms with van der Waals surface area (Å²) < 4.78 is 1.87. The average molecular weight is 507 g/mol. The lowest BCUT2D eigenvalue weighted by Crippen LogP contribution is -2.45. The Hall–Kier alpha value is -1.02. The number of fused-ring (bicyclic) bond motifs is 1. The third-order valence-corrected chi connectivity index (χ3v) is 6.50. The number of benzene rings is 1. The number of hydrogen-bond acceptors (Lipinski definition) is 4. The maximum atomic E-state index is 12.8. The quantitative estimate of drug-likeness (QED) is 0.581. The summed E-state index contributed by atoms with van der Waals surface area (Å²) >= 11 is 0. The Morgan fingerprint density at radius 1 is 0.938 bits per heavy atom. The van der Waals surface area contributed by atoms with Gasteiger partial charge in [-0.1, -0.05) is 18.2 Å². The molecule has 2 saturated heterocycles. The number of likely N-dealkylation sites (N-methyl/N-ethyl adjacent to an activating group) is 1. The van der Waals surface area contributed by atoms with Crippen LogP contribution in [0.25, 0.3) is 10.9 Å². The van der Waals surface area contributed by atoms with Crippen LogP contribution in [-0.4, -0.2) is 84.7 Å². The molecule has 9 heteroatoms. The van der Waals surface area contributed by atoms with E-state index in [1.807, 2.05) is 35.1 Å². The van der Waals surface area contributed by atoms with E-state index >= 15 is 0 Å². The summed E-state index contributed by atoms with van der Waals surface area (Å²) in [6.45, 7) is 9.15. The number of carbonyl (C=O) groups is 1. The highest BCUT2D eigenvalue weighted by atomic mass is 35.5. The minimum absolute atomic E-state index is 0. The highest BCUT2D eigenvalue weighted by Gasteiger charge is 2.26. The highest BCUT2D eigenvalue weighted by molar-refractivity contribution is 5.89. The number of rotatable bonds is 7. The largest absolute Gasteiger partial charge is 0.304 e. The van der Waals surface area contributed by atoms with Gasteiger partial charge in [-0.05, 0) is 64.5 Å². The number of para-hydroxylation sites is 1. The molecule has 6 nitrogen and oxygen atoms in total. The Labute approximate surface area is 210 Å². The third kappa shape index (κ3) is 7.79. The standard InChI is InChI=1S/C23H35N5O.3ClH/c1-25-15-17-26(18-16-25)11-4-5-12-27-13-6-8-21(19-27)23(29)24-28-14-10-20-7-2-3-9-22(20)28;;;/h2-3,7,9-10,14,21H,4-6,8,11-13,15-19H2,1H3,(H,24,29);3*1H. The first kappa shape index (κ1) is 29.0. The van der Waals surface area contributed by atoms with E-state index < -0.39 is 0 Å². The number of piperazine rings is 1. The van der Waals surface area contributed by atoms with E-state index in [1.165, 1.54) is 45.6 Å². The van der Waals surface area contributed by atoms with Gasteiger partial charge in [0.25, 0.3) is 0 Å². The molecule has 1 aromatic carbocycles. The van der Waals surface area contributed by atoms with E-state index in [2.05, 4.69) is 33.2 Å². The van der Waals surface area contributed by atoms with Crippen LogP contribution in [0.1, 0.15) is 25.7 Å². The lowest BCUT2D eigenvalue weighted by molar-refractivity contribution is -0.122. The van der Waals surface area contributed by atoms with Gasteiger partial charge in [-0.25, -0.2) is 0 Å². The fourth-order valence-corrected chi connectivity index (χ4v) is 4.61. The van der Waals surface area contributed by atoms with Crippen molar-refractivity contribution < 1.29 is 4.79 Å². The predicted octanol–water partition coefficient (Wildman–Crippen LogP) is 3.72. The molecule has 2 aliphatic rings. The number of carbonyl (C=O) groups excluding carboxylic acids is 1. The molecule has 3 heterocycles. The predicted molar refractivity (Wildman–Crippen MR) is 140 cm³/mol. The Morgan fingerprint density at radius 3 is 2.38 bits per heavy atom. The first-order valence-corrected chi connectivity index (χ1v) is 11.2. The average Bonchev–Trinajstić information content (AvgIpc) is 3.16. The second-order valence-corrected chi connectivity index (χ2v) is 8.71. The number of hydrogen-bond donors (Lipinski definition) is 1. The fourth-order valence-electron chi connectivity index (χ4n) is 4.61. The van der Waals surface area contributed by atoms with E-state index in [4.69, 9.17) is 0 Å². The number of amides is 1. The van der Waals surface area contributed by atoms with Crippen LogP contribution in [0, 0.1) is 5.92 Å². The molecule has 0 radical (unpaired) electrons. The number of likely N-dealkylation sites (tertiary alicyclic amines) is 1. The van der Waals surface area contributed by atoms with E-state index in [9.17, 15) is 4.79 Å². The normalized spacial score (nSPS) is 20.1. The summed E-state index contributed by atoms with van der Waals surface area (Å²) in [4.78, 5) is 20.3. The van der Waals surface area contributed by atoms with Gasteiger partial charge in [0.15, 0.2) is 0 Å². The fraction of sp³-hybridized carbons (Fsp3) is 0.609. The van der Waals surface area contributed by atoms with Crippen LogP contribution in [0.2, 0.25) is 0 Å². The van der Waals surface area contributed by atoms with Crippen LogP contribution < -0.4 is 5.43 Å². The number of unbranched alkanes of at least 4 members (excludes halogenated alkanes) is 1. The van der Waals surface area contributed by atoms with Gasteiger partial charge in [0.1, 0.15) is 0 Å². The lowest BCUT2D eigenvalue weighted by Gasteiger charge is -2.33. The Balaban J connectivity index is 0.00000171. The molecule has 182 valence electrons. The van der Waals surface area contributed by atoms with E-state index in [0.29, 0.717) is 0 Å². The zero-order valence-electron chi connectivity index (χ0n) is 18.9. The van der Waals surface area contributed by atoms with Crippen molar-refractivity contribution in [2.45, 2.75) is 25.7 Å². The van der Waals surface area contributed by atoms with Gasteiger partial charge >= 0.3 is 0 Å². The molecule has 2 fully saturated rings. The zero-order valence-corrected chi connectivity index (χ0v) is 21.4. The van der Waals surface area contributed by atoms with Gasteiger partial charge in [-0.3, -0.25) is 14.9 Å². The van der Waals surface area contributed by atoms with Crippen molar-refractivity contribution in [2.75, 3.05) is 64.8 Å². The van der Waals surface area contributed by atoms with Crippen molar-refractivity contribution in [1.82, 2.24) is 19.4 Å². The molecule has 1 aromatic heterocycles. The minimum Gasteiger partial charge on any atom is -0.304 e. The maximum Gasteiger partial charge on any atom is 0.243 e. The summed E-state index contributed by atoms with van der Waals surface area (Å²) in [6, 6.07) is 10.2. The first-order chi connectivity index (χ1) is 14.2. The highest BCUT2D eigenvalue weighted by Crippen LogP contribution is 2.19. The molecule has 0 spiro atoms. The third-order valence-electron chi connectivity index (χ3n) is 6.50. The van der Waals surface area contributed by atoms with Crippen molar-refractivity contribution in [3.8, 4) is 0 Å². The van der Waals surface area contributed by atoms with Crippen molar-refractivity contribution in [3.63, 3.8) is 0 Å². The number of nitrogens with one attached hydrogen (secondary N) is 1. The summed E-state index contributed by atoms with van der Waals surface area (Å²) in [5.41, 5.74) is 4.16. The molecular formula is C23H38Cl3N5O. The van der Waals surface area contributed by atoms with E-state index in [-0.39, 0.29) is 49.0 Å². The van der Waals surface area contributed by atoms with Crippen LogP contribution in [0.4, 0.5) is 0 Å². The van der Waals surface area contributed by atoms with Gasteiger partial charge in [0.2, 0.25) is 5.91 Å². The Kier molecular flexibility index (Phi) is 13.0. The van der Waals surface area contributed by atoms with E-state index in [1.54, 1.807) is 0 Å². The van der Waals surface area contributed by atoms with Crippen molar-refractivity contribution in [3.05, 3.63) is 36.5 Å². The molecule has 0 aliphatic carbocycles. The molecule has 1 amide bonds. The number of piperidine rings is 1. The zero-order chi connectivity index (χ0) is 20.1. The maximum absolute atomic E-state index is 12.8. The Bertz CT molecular complexity index is 810. The number of nitrogens with zero attached hydrogens (tertiary/aromatic N) is 4. The van der Waals surface area contributed by atoms with Gasteiger partial charge in [-0.2, -0.15) is 0 Å². The molecule has 0 saturated carbocycles. The SMILES string of the molecule is CN1CCN(CCCCN2CCCC(C(=O)Nn3ccc4ccccc43)C2)CC1.Cl.Cl.Cl. The second-order valence-electron chi connectivity index (χ2n) is 8.71. The van der Waals surface area contributed by atoms with Crippen molar-refractivity contribution in [2.24, 2.45) is 5.92 Å². The monoisotopic (exact) mass is 505 g/mol.